The Morgan fingerprint density at radius 1 is 0.240 bits per heavy atom. The summed E-state index contributed by atoms with van der Waals surface area (Å²) in [6.45, 7) is 0. The van der Waals surface area contributed by atoms with Crippen LogP contribution in [-0.4, -0.2) is 4.98 Å². The zero-order valence-electron chi connectivity index (χ0n) is 27.5. The van der Waals surface area contributed by atoms with Gasteiger partial charge in [0.15, 0.2) is 0 Å². The smallest absolute Gasteiger partial charge is 0.0346 e. The Morgan fingerprint density at radius 2 is 0.600 bits per heavy atom. The molecule has 9 aromatic rings. The van der Waals surface area contributed by atoms with Crippen LogP contribution in [0.15, 0.2) is 200 Å². The molecular formula is C49H33N. The monoisotopic (exact) mass is 635 g/mol. The minimum atomic E-state index is 1.12. The number of hydrogen-bond acceptors (Lipinski definition) is 1. The van der Waals surface area contributed by atoms with E-state index in [1.165, 1.54) is 77.2 Å². The van der Waals surface area contributed by atoms with Gasteiger partial charge < -0.3 is 0 Å². The first-order chi connectivity index (χ1) is 24.8. The first-order valence-electron chi connectivity index (χ1n) is 17.1. The highest BCUT2D eigenvalue weighted by molar-refractivity contribution is 6.22. The van der Waals surface area contributed by atoms with E-state index in [4.69, 9.17) is 0 Å². The number of hydrogen-bond donors (Lipinski definition) is 0. The van der Waals surface area contributed by atoms with Crippen molar-refractivity contribution in [2.75, 3.05) is 0 Å². The van der Waals surface area contributed by atoms with Crippen LogP contribution in [-0.2, 0) is 0 Å². The normalized spacial score (nSPS) is 11.2. The van der Waals surface area contributed by atoms with Gasteiger partial charge in [-0.25, -0.2) is 0 Å². The fourth-order valence-corrected chi connectivity index (χ4v) is 7.29. The van der Waals surface area contributed by atoms with Crippen LogP contribution in [0.25, 0.3) is 88.3 Å². The highest BCUT2D eigenvalue weighted by Crippen LogP contribution is 2.45. The Hall–Kier alpha value is -6.57. The van der Waals surface area contributed by atoms with Gasteiger partial charge >= 0.3 is 0 Å². The lowest BCUT2D eigenvalue weighted by atomic mass is 9.84. The Morgan fingerprint density at radius 3 is 1.10 bits per heavy atom. The standard InChI is InChI=1S/C49H33N/c1-3-10-34(11-4-1)36-21-25-40(26-22-36)48-44-15-7-8-16-45(44)49(41-27-23-37(24-28-41)35-12-5-2-6-13-35)47-32-42(29-30-46(47)48)38-17-19-39(20-18-38)43-14-9-31-50-33-43/h1-33H. The quantitative estimate of drug-likeness (QED) is 0.166. The van der Waals surface area contributed by atoms with E-state index in [0.29, 0.717) is 0 Å². The second-order valence-corrected chi connectivity index (χ2v) is 12.8. The third-order valence-electron chi connectivity index (χ3n) is 9.80. The zero-order valence-corrected chi connectivity index (χ0v) is 27.5. The molecule has 0 N–H and O–H groups in total. The van der Waals surface area contributed by atoms with Crippen LogP contribution in [0.1, 0.15) is 0 Å². The Labute approximate surface area is 292 Å². The lowest BCUT2D eigenvalue weighted by molar-refractivity contribution is 1.33. The Kier molecular flexibility index (Phi) is 7.57. The van der Waals surface area contributed by atoms with E-state index in [1.807, 2.05) is 18.5 Å². The van der Waals surface area contributed by atoms with Gasteiger partial charge in [0.25, 0.3) is 0 Å². The summed E-state index contributed by atoms with van der Waals surface area (Å²) in [6, 6.07) is 68.1. The van der Waals surface area contributed by atoms with E-state index in [-0.39, 0.29) is 0 Å². The van der Waals surface area contributed by atoms with Crippen LogP contribution in [0.5, 0.6) is 0 Å². The summed E-state index contributed by atoms with van der Waals surface area (Å²) in [6.07, 6.45) is 3.73. The molecule has 0 bridgehead atoms. The summed E-state index contributed by atoms with van der Waals surface area (Å²) in [5, 5.41) is 4.99. The summed E-state index contributed by atoms with van der Waals surface area (Å²) < 4.78 is 0. The number of aromatic nitrogens is 1. The van der Waals surface area contributed by atoms with Crippen molar-refractivity contribution in [3.63, 3.8) is 0 Å². The van der Waals surface area contributed by atoms with Gasteiger partial charge in [0, 0.05) is 12.4 Å². The minimum absolute atomic E-state index is 1.12. The molecule has 0 atom stereocenters. The SMILES string of the molecule is c1ccc(-c2ccc(-c3c4ccccc4c(-c4ccc(-c5ccccc5)cc4)c4cc(-c5ccc(-c6cccnc6)cc5)ccc34)cc2)cc1. The van der Waals surface area contributed by atoms with Crippen molar-refractivity contribution in [3.05, 3.63) is 200 Å². The summed E-state index contributed by atoms with van der Waals surface area (Å²) in [5.74, 6) is 0. The number of pyridine rings is 1. The van der Waals surface area contributed by atoms with Crippen LogP contribution in [0, 0.1) is 0 Å². The summed E-state index contributed by atoms with van der Waals surface area (Å²) in [4.78, 5) is 4.32. The van der Waals surface area contributed by atoms with E-state index in [0.717, 1.165) is 11.1 Å². The maximum Gasteiger partial charge on any atom is 0.0346 e. The average Bonchev–Trinajstić information content (AvgIpc) is 3.21. The van der Waals surface area contributed by atoms with Gasteiger partial charge in [0.2, 0.25) is 0 Å². The maximum atomic E-state index is 4.32. The maximum absolute atomic E-state index is 4.32. The number of benzene rings is 8. The van der Waals surface area contributed by atoms with Crippen molar-refractivity contribution in [2.45, 2.75) is 0 Å². The molecule has 234 valence electrons. The van der Waals surface area contributed by atoms with Gasteiger partial charge in [-0.2, -0.15) is 0 Å². The topological polar surface area (TPSA) is 12.9 Å². The number of nitrogens with zero attached hydrogens (tertiary/aromatic N) is 1. The third-order valence-corrected chi connectivity index (χ3v) is 9.80. The molecule has 8 aromatic carbocycles. The van der Waals surface area contributed by atoms with Crippen LogP contribution in [0.2, 0.25) is 0 Å². The lowest BCUT2D eigenvalue weighted by Crippen LogP contribution is -1.92. The molecule has 0 aliphatic carbocycles. The summed E-state index contributed by atoms with van der Waals surface area (Å²) >= 11 is 0. The van der Waals surface area contributed by atoms with Crippen LogP contribution < -0.4 is 0 Å². The van der Waals surface area contributed by atoms with Crippen molar-refractivity contribution >= 4 is 21.5 Å². The first-order valence-corrected chi connectivity index (χ1v) is 17.1. The minimum Gasteiger partial charge on any atom is -0.264 e. The Bertz CT molecular complexity index is 2570. The molecule has 0 saturated heterocycles. The fourth-order valence-electron chi connectivity index (χ4n) is 7.29. The van der Waals surface area contributed by atoms with Gasteiger partial charge in [-0.3, -0.25) is 4.98 Å². The van der Waals surface area contributed by atoms with Crippen molar-refractivity contribution in [3.8, 4) is 66.8 Å². The van der Waals surface area contributed by atoms with E-state index in [1.54, 1.807) is 0 Å². The number of rotatable bonds is 6. The zero-order chi connectivity index (χ0) is 33.3. The van der Waals surface area contributed by atoms with Crippen molar-refractivity contribution in [2.24, 2.45) is 0 Å². The lowest BCUT2D eigenvalue weighted by Gasteiger charge is -2.19. The van der Waals surface area contributed by atoms with E-state index >= 15 is 0 Å². The van der Waals surface area contributed by atoms with Crippen molar-refractivity contribution in [1.29, 1.82) is 0 Å². The van der Waals surface area contributed by atoms with Crippen LogP contribution in [0.4, 0.5) is 0 Å². The average molecular weight is 636 g/mol. The van der Waals surface area contributed by atoms with Crippen molar-refractivity contribution in [1.82, 2.24) is 4.98 Å². The molecule has 9 rings (SSSR count). The molecule has 1 heteroatoms. The molecule has 0 unspecified atom stereocenters. The van der Waals surface area contributed by atoms with Gasteiger partial charge in [-0.05, 0) is 100 Å². The first kappa shape index (κ1) is 29.6. The summed E-state index contributed by atoms with van der Waals surface area (Å²) in [7, 11) is 0. The Balaban J connectivity index is 1.25. The van der Waals surface area contributed by atoms with Crippen molar-refractivity contribution < 1.29 is 0 Å². The van der Waals surface area contributed by atoms with Gasteiger partial charge in [0.1, 0.15) is 0 Å². The molecule has 1 aromatic heterocycles. The van der Waals surface area contributed by atoms with E-state index in [9.17, 15) is 0 Å². The fraction of sp³-hybridized carbons (Fsp3) is 0. The van der Waals surface area contributed by atoms with Gasteiger partial charge in [-0.15, -0.1) is 0 Å². The molecule has 0 aliphatic heterocycles. The van der Waals surface area contributed by atoms with Crippen LogP contribution in [0.3, 0.4) is 0 Å². The molecule has 0 aliphatic rings. The van der Waals surface area contributed by atoms with Gasteiger partial charge in [0.05, 0.1) is 0 Å². The predicted molar refractivity (Wildman–Crippen MR) is 212 cm³/mol. The predicted octanol–water partition coefficient (Wildman–Crippen LogP) is 13.4. The molecule has 0 spiro atoms. The molecule has 0 radical (unpaired) electrons. The molecule has 0 fully saturated rings. The van der Waals surface area contributed by atoms with E-state index < -0.39 is 0 Å². The molecule has 0 amide bonds. The molecule has 1 nitrogen and oxygen atoms in total. The largest absolute Gasteiger partial charge is 0.264 e. The second kappa shape index (κ2) is 12.8. The molecule has 0 saturated carbocycles. The second-order valence-electron chi connectivity index (χ2n) is 12.8. The highest BCUT2D eigenvalue weighted by Gasteiger charge is 2.18. The molecular weight excluding hydrogens is 603 g/mol. The molecule has 50 heavy (non-hydrogen) atoms. The van der Waals surface area contributed by atoms with Gasteiger partial charge in [-0.1, -0.05) is 176 Å². The highest BCUT2D eigenvalue weighted by atomic mass is 14.6. The van der Waals surface area contributed by atoms with Crippen LogP contribution >= 0.6 is 0 Å². The number of fused-ring (bicyclic) bond motifs is 2. The summed E-state index contributed by atoms with van der Waals surface area (Å²) in [5.41, 5.74) is 14.5. The molecule has 1 heterocycles. The van der Waals surface area contributed by atoms with E-state index in [2.05, 4.69) is 187 Å². The third kappa shape index (κ3) is 5.45.